The van der Waals surface area contributed by atoms with Gasteiger partial charge in [-0.3, -0.25) is 9.69 Å². The molecule has 4 heterocycles. The van der Waals surface area contributed by atoms with Crippen LogP contribution in [0.5, 0.6) is 0 Å². The van der Waals surface area contributed by atoms with E-state index in [4.69, 9.17) is 4.52 Å². The average molecular weight is 479 g/mol. The fourth-order valence-electron chi connectivity index (χ4n) is 6.31. The van der Waals surface area contributed by atoms with Gasteiger partial charge in [0.05, 0.1) is 12.2 Å². The summed E-state index contributed by atoms with van der Waals surface area (Å²) in [6.07, 6.45) is 9.94. The van der Waals surface area contributed by atoms with Crippen molar-refractivity contribution >= 4 is 5.91 Å². The lowest BCUT2D eigenvalue weighted by atomic mass is 9.80. The van der Waals surface area contributed by atoms with Gasteiger partial charge in [0.15, 0.2) is 5.76 Å². The first-order valence-corrected chi connectivity index (χ1v) is 13.9. The lowest BCUT2D eigenvalue weighted by Gasteiger charge is -2.36. The molecule has 35 heavy (non-hydrogen) atoms. The average Bonchev–Trinajstić information content (AvgIpc) is 3.33. The predicted octanol–water partition coefficient (Wildman–Crippen LogP) is 4.30. The van der Waals surface area contributed by atoms with Gasteiger partial charge in [-0.15, -0.1) is 0 Å². The second-order valence-corrected chi connectivity index (χ2v) is 11.1. The van der Waals surface area contributed by atoms with Gasteiger partial charge in [-0.1, -0.05) is 41.9 Å². The van der Waals surface area contributed by atoms with Crippen LogP contribution in [0.4, 0.5) is 0 Å². The molecule has 1 N–H and O–H groups in total. The number of carbonyl (C=O) groups is 1. The second kappa shape index (κ2) is 12.2. The van der Waals surface area contributed by atoms with E-state index in [2.05, 4.69) is 56.7 Å². The van der Waals surface area contributed by atoms with Crippen LogP contribution >= 0.6 is 0 Å². The smallest absolute Gasteiger partial charge is 0.222 e. The third kappa shape index (κ3) is 6.95. The minimum atomic E-state index is 0.353. The van der Waals surface area contributed by atoms with E-state index in [0.29, 0.717) is 30.1 Å². The molecule has 190 valence electrons. The molecule has 0 bridgehead atoms. The van der Waals surface area contributed by atoms with Gasteiger partial charge in [-0.2, -0.15) is 0 Å². The molecule has 0 aliphatic carbocycles. The summed E-state index contributed by atoms with van der Waals surface area (Å²) < 4.78 is 5.69. The largest absolute Gasteiger partial charge is 0.360 e. The van der Waals surface area contributed by atoms with E-state index in [9.17, 15) is 4.79 Å². The van der Waals surface area contributed by atoms with Crippen LogP contribution in [0, 0.1) is 17.8 Å². The Hall–Kier alpha value is -2.18. The molecular formula is C29H42N4O2. The first-order valence-electron chi connectivity index (χ1n) is 13.9. The van der Waals surface area contributed by atoms with Crippen LogP contribution in [0.1, 0.15) is 62.0 Å². The van der Waals surface area contributed by atoms with Gasteiger partial charge < -0.3 is 14.7 Å². The summed E-state index contributed by atoms with van der Waals surface area (Å²) in [5, 5.41) is 7.94. The normalized spacial score (nSPS) is 24.5. The number of hydrogen-bond donors (Lipinski definition) is 1. The standard InChI is InChI=1S/C29H42N4O2/c34-29(33-15-10-24(11-16-33)17-23-7-3-1-4-8-23)19-25-9-12-30-21-26(25)18-27-20-28(35-31-27)22-32-13-5-2-6-14-32/h1,3-4,7-8,20,24-26,30H,2,5-6,9-19,21-22H2/t25-,26-/m0/s1. The van der Waals surface area contributed by atoms with Gasteiger partial charge in [0.1, 0.15) is 0 Å². The van der Waals surface area contributed by atoms with E-state index in [1.54, 1.807) is 0 Å². The first kappa shape index (κ1) is 24.5. The molecule has 0 saturated carbocycles. The molecule has 1 aromatic carbocycles. The number of nitrogens with one attached hydrogen (secondary N) is 1. The summed E-state index contributed by atoms with van der Waals surface area (Å²) in [6.45, 7) is 6.99. The SMILES string of the molecule is O=C(C[C@@H]1CCNC[C@@H]1Cc1cc(CN2CCCCC2)on1)N1CCC(Cc2ccccc2)CC1. The molecule has 1 amide bonds. The van der Waals surface area contributed by atoms with Crippen LogP contribution < -0.4 is 5.32 Å². The van der Waals surface area contributed by atoms with Crippen molar-refractivity contribution in [1.82, 2.24) is 20.3 Å². The van der Waals surface area contributed by atoms with Crippen molar-refractivity contribution in [1.29, 1.82) is 0 Å². The van der Waals surface area contributed by atoms with Crippen LogP contribution in [-0.2, 0) is 24.2 Å². The van der Waals surface area contributed by atoms with Gasteiger partial charge >= 0.3 is 0 Å². The van der Waals surface area contributed by atoms with Crippen LogP contribution in [0.2, 0.25) is 0 Å². The number of hydrogen-bond acceptors (Lipinski definition) is 5. The Morgan fingerprint density at radius 3 is 2.57 bits per heavy atom. The van der Waals surface area contributed by atoms with E-state index >= 15 is 0 Å². The second-order valence-electron chi connectivity index (χ2n) is 11.1. The fraction of sp³-hybridized carbons (Fsp3) is 0.655. The van der Waals surface area contributed by atoms with Crippen LogP contribution in [0.15, 0.2) is 40.9 Å². The number of likely N-dealkylation sites (tertiary alicyclic amines) is 2. The number of amides is 1. The van der Waals surface area contributed by atoms with E-state index in [-0.39, 0.29) is 0 Å². The summed E-state index contributed by atoms with van der Waals surface area (Å²) in [5.74, 6) is 2.89. The highest BCUT2D eigenvalue weighted by atomic mass is 16.5. The van der Waals surface area contributed by atoms with Crippen LogP contribution in [0.3, 0.4) is 0 Å². The molecule has 6 heteroatoms. The number of nitrogens with zero attached hydrogens (tertiary/aromatic N) is 3. The quantitative estimate of drug-likeness (QED) is 0.613. The van der Waals surface area contributed by atoms with Crippen LogP contribution in [-0.4, -0.2) is 60.1 Å². The van der Waals surface area contributed by atoms with Gasteiger partial charge in [0.2, 0.25) is 5.91 Å². The van der Waals surface area contributed by atoms with Crippen molar-refractivity contribution in [3.63, 3.8) is 0 Å². The van der Waals surface area contributed by atoms with E-state index in [1.165, 1.54) is 24.8 Å². The topological polar surface area (TPSA) is 61.6 Å². The van der Waals surface area contributed by atoms with Crippen molar-refractivity contribution in [3.05, 3.63) is 53.4 Å². The zero-order valence-electron chi connectivity index (χ0n) is 21.2. The summed E-state index contributed by atoms with van der Waals surface area (Å²) in [5.41, 5.74) is 2.46. The summed E-state index contributed by atoms with van der Waals surface area (Å²) >= 11 is 0. The van der Waals surface area contributed by atoms with E-state index < -0.39 is 0 Å². The van der Waals surface area contributed by atoms with Crippen molar-refractivity contribution in [2.45, 2.75) is 64.3 Å². The Morgan fingerprint density at radius 2 is 1.77 bits per heavy atom. The molecule has 1 aromatic heterocycles. The van der Waals surface area contributed by atoms with Gasteiger partial charge in [0, 0.05) is 25.6 Å². The minimum absolute atomic E-state index is 0.353. The third-order valence-electron chi connectivity index (χ3n) is 8.44. The van der Waals surface area contributed by atoms with Gasteiger partial charge in [-0.25, -0.2) is 0 Å². The number of aromatic nitrogens is 1. The summed E-state index contributed by atoms with van der Waals surface area (Å²) in [6, 6.07) is 12.9. The van der Waals surface area contributed by atoms with Crippen molar-refractivity contribution < 1.29 is 9.32 Å². The number of rotatable bonds is 8. The lowest BCUT2D eigenvalue weighted by Crippen LogP contribution is -2.43. The van der Waals surface area contributed by atoms with Gasteiger partial charge in [-0.05, 0) is 94.4 Å². The highest BCUT2D eigenvalue weighted by molar-refractivity contribution is 5.76. The predicted molar refractivity (Wildman–Crippen MR) is 138 cm³/mol. The van der Waals surface area contributed by atoms with E-state index in [0.717, 1.165) is 89.4 Å². The zero-order chi connectivity index (χ0) is 23.9. The molecule has 5 rings (SSSR count). The van der Waals surface area contributed by atoms with Crippen LogP contribution in [0.25, 0.3) is 0 Å². The number of carbonyl (C=O) groups excluding carboxylic acids is 1. The molecule has 3 aliphatic rings. The Bertz CT molecular complexity index is 916. The maximum absolute atomic E-state index is 13.2. The Kier molecular flexibility index (Phi) is 8.53. The third-order valence-corrected chi connectivity index (χ3v) is 8.44. The molecule has 2 aromatic rings. The minimum Gasteiger partial charge on any atom is -0.360 e. The monoisotopic (exact) mass is 478 g/mol. The van der Waals surface area contributed by atoms with Crippen molar-refractivity contribution in [3.8, 4) is 0 Å². The fourth-order valence-corrected chi connectivity index (χ4v) is 6.31. The number of benzene rings is 1. The Balaban J connectivity index is 1.09. The van der Waals surface area contributed by atoms with Crippen molar-refractivity contribution in [2.75, 3.05) is 39.3 Å². The molecule has 0 unspecified atom stereocenters. The maximum Gasteiger partial charge on any atom is 0.222 e. The highest BCUT2D eigenvalue weighted by Crippen LogP contribution is 2.29. The maximum atomic E-state index is 13.2. The number of piperidine rings is 3. The summed E-state index contributed by atoms with van der Waals surface area (Å²) in [4.78, 5) is 17.8. The van der Waals surface area contributed by atoms with Crippen molar-refractivity contribution in [2.24, 2.45) is 17.8 Å². The molecule has 0 radical (unpaired) electrons. The Morgan fingerprint density at radius 1 is 0.971 bits per heavy atom. The van der Waals surface area contributed by atoms with E-state index in [1.807, 2.05) is 0 Å². The van der Waals surface area contributed by atoms with Gasteiger partial charge in [0.25, 0.3) is 0 Å². The summed E-state index contributed by atoms with van der Waals surface area (Å²) in [7, 11) is 0. The molecule has 3 fully saturated rings. The molecule has 3 saturated heterocycles. The molecular weight excluding hydrogens is 436 g/mol. The highest BCUT2D eigenvalue weighted by Gasteiger charge is 2.31. The Labute approximate surface area is 210 Å². The lowest BCUT2D eigenvalue weighted by molar-refractivity contribution is -0.134. The zero-order valence-corrected chi connectivity index (χ0v) is 21.2. The first-order chi connectivity index (χ1) is 17.2. The molecule has 6 nitrogen and oxygen atoms in total. The molecule has 0 spiro atoms. The molecule has 2 atom stereocenters. The molecule has 3 aliphatic heterocycles.